The number of benzene rings is 1. The summed E-state index contributed by atoms with van der Waals surface area (Å²) in [5.41, 5.74) is 0.228. The van der Waals surface area contributed by atoms with Crippen molar-refractivity contribution >= 4 is 28.8 Å². The average molecular weight is 335 g/mol. The smallest absolute Gasteiger partial charge is 0.296 e. The summed E-state index contributed by atoms with van der Waals surface area (Å²) in [7, 11) is 1.46. The summed E-state index contributed by atoms with van der Waals surface area (Å²) in [5, 5.41) is 14.5. The molecule has 2 aromatic rings. The highest BCUT2D eigenvalue weighted by Crippen LogP contribution is 2.33. The molecule has 0 unspecified atom stereocenters. The molecule has 0 saturated heterocycles. The highest BCUT2D eigenvalue weighted by atomic mass is 35.5. The van der Waals surface area contributed by atoms with Gasteiger partial charge in [0.05, 0.1) is 18.1 Å². The Hall–Kier alpha value is -2.41. The Bertz CT molecular complexity index is 749. The van der Waals surface area contributed by atoms with Crippen LogP contribution in [0.25, 0.3) is 0 Å². The van der Waals surface area contributed by atoms with Crippen LogP contribution in [0.5, 0.6) is 5.75 Å². The molecule has 0 atom stereocenters. The van der Waals surface area contributed by atoms with E-state index in [4.69, 9.17) is 16.3 Å². The van der Waals surface area contributed by atoms with Crippen LogP contribution in [0.2, 0.25) is 5.15 Å². The van der Waals surface area contributed by atoms with E-state index in [2.05, 4.69) is 15.3 Å². The first-order chi connectivity index (χ1) is 11.0. The van der Waals surface area contributed by atoms with Gasteiger partial charge in [0.1, 0.15) is 28.2 Å². The number of nitrogens with zero attached hydrogens (tertiary/aromatic N) is 3. The lowest BCUT2D eigenvalue weighted by molar-refractivity contribution is -0.384. The lowest BCUT2D eigenvalue weighted by Crippen LogP contribution is -2.03. The van der Waals surface area contributed by atoms with E-state index in [1.807, 2.05) is 0 Å². The number of nitrogens with one attached hydrogen (secondary N) is 1. The summed E-state index contributed by atoms with van der Waals surface area (Å²) in [6.07, 6.45) is 3.14. The molecule has 1 aliphatic rings. The molecule has 1 saturated carbocycles. The number of anilines is 2. The molecule has 1 aliphatic carbocycles. The number of rotatable bonds is 6. The van der Waals surface area contributed by atoms with Crippen molar-refractivity contribution < 1.29 is 9.66 Å². The molecule has 3 rings (SSSR count). The third-order valence-corrected chi connectivity index (χ3v) is 3.77. The van der Waals surface area contributed by atoms with Crippen LogP contribution in [0.4, 0.5) is 17.2 Å². The van der Waals surface area contributed by atoms with E-state index in [0.29, 0.717) is 34.2 Å². The molecule has 0 radical (unpaired) electrons. The fourth-order valence-electron chi connectivity index (χ4n) is 2.23. The van der Waals surface area contributed by atoms with Gasteiger partial charge < -0.3 is 10.1 Å². The summed E-state index contributed by atoms with van der Waals surface area (Å²) in [4.78, 5) is 19.3. The molecule has 0 spiro atoms. The Labute approximate surface area is 137 Å². The molecule has 8 heteroatoms. The van der Waals surface area contributed by atoms with Crippen LogP contribution in [0.15, 0.2) is 24.3 Å². The Morgan fingerprint density at radius 2 is 2.17 bits per heavy atom. The number of nitro benzene ring substituents is 1. The topological polar surface area (TPSA) is 90.2 Å². The van der Waals surface area contributed by atoms with Crippen LogP contribution in [-0.4, -0.2) is 22.0 Å². The van der Waals surface area contributed by atoms with Gasteiger partial charge in [-0.1, -0.05) is 11.6 Å². The molecule has 1 fully saturated rings. The number of methoxy groups -OCH3 is 1. The van der Waals surface area contributed by atoms with E-state index in [-0.39, 0.29) is 5.69 Å². The van der Waals surface area contributed by atoms with Gasteiger partial charge in [0.15, 0.2) is 0 Å². The predicted octanol–water partition coefficient (Wildman–Crippen LogP) is 3.74. The van der Waals surface area contributed by atoms with Gasteiger partial charge in [0, 0.05) is 12.5 Å². The molecule has 0 amide bonds. The fourth-order valence-corrected chi connectivity index (χ4v) is 2.43. The summed E-state index contributed by atoms with van der Waals surface area (Å²) < 4.78 is 5.02. The van der Waals surface area contributed by atoms with E-state index in [0.717, 1.165) is 6.42 Å². The highest BCUT2D eigenvalue weighted by Gasteiger charge is 2.23. The highest BCUT2D eigenvalue weighted by molar-refractivity contribution is 6.29. The van der Waals surface area contributed by atoms with Gasteiger partial charge in [-0.3, -0.25) is 10.1 Å². The van der Waals surface area contributed by atoms with Gasteiger partial charge in [0.2, 0.25) is 0 Å². The number of hydrogen-bond acceptors (Lipinski definition) is 6. The molecule has 1 N–H and O–H groups in total. The van der Waals surface area contributed by atoms with Gasteiger partial charge in [-0.15, -0.1) is 0 Å². The third kappa shape index (κ3) is 3.87. The second kappa shape index (κ2) is 6.37. The lowest BCUT2D eigenvalue weighted by atomic mass is 10.2. The molecular formula is C15H15ClN4O3. The number of halogens is 1. The maximum absolute atomic E-state index is 11.2. The minimum atomic E-state index is -0.473. The maximum atomic E-state index is 11.2. The predicted molar refractivity (Wildman–Crippen MR) is 86.4 cm³/mol. The number of aromatic nitrogens is 2. The van der Waals surface area contributed by atoms with Gasteiger partial charge in [-0.05, 0) is 30.9 Å². The number of hydrogen-bond donors (Lipinski definition) is 1. The van der Waals surface area contributed by atoms with Gasteiger partial charge in [-0.2, -0.15) is 0 Å². The SMILES string of the molecule is COc1ccc(Nc2cc(Cl)nc(CC3CC3)n2)c([N+](=O)[O-])c1. The Kier molecular flexibility index (Phi) is 4.29. The average Bonchev–Trinajstić information content (AvgIpc) is 3.30. The van der Waals surface area contributed by atoms with Crippen molar-refractivity contribution in [2.24, 2.45) is 5.92 Å². The lowest BCUT2D eigenvalue weighted by Gasteiger charge is -2.09. The minimum Gasteiger partial charge on any atom is -0.496 e. The summed E-state index contributed by atoms with van der Waals surface area (Å²) in [5.74, 6) is 2.13. The second-order valence-electron chi connectivity index (χ2n) is 5.40. The second-order valence-corrected chi connectivity index (χ2v) is 5.79. The zero-order chi connectivity index (χ0) is 16.4. The van der Waals surface area contributed by atoms with Crippen LogP contribution >= 0.6 is 11.6 Å². The molecule has 1 aromatic heterocycles. The van der Waals surface area contributed by atoms with Crippen molar-refractivity contribution in [3.63, 3.8) is 0 Å². The zero-order valence-electron chi connectivity index (χ0n) is 12.5. The van der Waals surface area contributed by atoms with E-state index in [1.54, 1.807) is 18.2 Å². The zero-order valence-corrected chi connectivity index (χ0v) is 13.2. The Balaban J connectivity index is 1.88. The van der Waals surface area contributed by atoms with Crippen LogP contribution in [0, 0.1) is 16.0 Å². The van der Waals surface area contributed by atoms with Crippen LogP contribution in [0.3, 0.4) is 0 Å². The van der Waals surface area contributed by atoms with Crippen molar-refractivity contribution in [3.05, 3.63) is 45.4 Å². The van der Waals surface area contributed by atoms with E-state index in [9.17, 15) is 10.1 Å². The van der Waals surface area contributed by atoms with E-state index < -0.39 is 4.92 Å². The fraction of sp³-hybridized carbons (Fsp3) is 0.333. The number of nitro groups is 1. The van der Waals surface area contributed by atoms with Crippen LogP contribution in [0.1, 0.15) is 18.7 Å². The Morgan fingerprint density at radius 3 is 2.83 bits per heavy atom. The van der Waals surface area contributed by atoms with Crippen LogP contribution < -0.4 is 10.1 Å². The summed E-state index contributed by atoms with van der Waals surface area (Å²) in [6.45, 7) is 0. The molecule has 0 aliphatic heterocycles. The van der Waals surface area contributed by atoms with Crippen molar-refractivity contribution in [1.29, 1.82) is 0 Å². The van der Waals surface area contributed by atoms with E-state index >= 15 is 0 Å². The first-order valence-corrected chi connectivity index (χ1v) is 7.56. The molecule has 23 heavy (non-hydrogen) atoms. The van der Waals surface area contributed by atoms with Crippen molar-refractivity contribution in [3.8, 4) is 5.75 Å². The standard InChI is InChI=1S/C15H15ClN4O3/c1-23-10-4-5-11(12(7-10)20(21)22)17-15-8-13(16)18-14(19-15)6-9-2-3-9/h4-5,7-9H,2-3,6H2,1H3,(H,17,18,19). The monoisotopic (exact) mass is 334 g/mol. The molecule has 1 heterocycles. The molecule has 1 aromatic carbocycles. The Morgan fingerprint density at radius 1 is 1.39 bits per heavy atom. The van der Waals surface area contributed by atoms with E-state index in [1.165, 1.54) is 26.0 Å². The minimum absolute atomic E-state index is 0.0946. The van der Waals surface area contributed by atoms with Gasteiger partial charge in [0.25, 0.3) is 5.69 Å². The normalized spacial score (nSPS) is 13.7. The molecule has 0 bridgehead atoms. The van der Waals surface area contributed by atoms with Crippen LogP contribution in [-0.2, 0) is 6.42 Å². The first-order valence-electron chi connectivity index (χ1n) is 7.18. The maximum Gasteiger partial charge on any atom is 0.296 e. The third-order valence-electron chi connectivity index (χ3n) is 3.57. The van der Waals surface area contributed by atoms with Gasteiger partial charge >= 0.3 is 0 Å². The summed E-state index contributed by atoms with van der Waals surface area (Å²) in [6, 6.07) is 6.12. The van der Waals surface area contributed by atoms with Crippen molar-refractivity contribution in [2.75, 3.05) is 12.4 Å². The quantitative estimate of drug-likeness (QED) is 0.491. The van der Waals surface area contributed by atoms with Crippen molar-refractivity contribution in [1.82, 2.24) is 9.97 Å². The van der Waals surface area contributed by atoms with Crippen molar-refractivity contribution in [2.45, 2.75) is 19.3 Å². The molecular weight excluding hydrogens is 320 g/mol. The molecule has 7 nitrogen and oxygen atoms in total. The number of ether oxygens (including phenoxy) is 1. The first kappa shape index (κ1) is 15.5. The largest absolute Gasteiger partial charge is 0.496 e. The summed E-state index contributed by atoms with van der Waals surface area (Å²) >= 11 is 6.03. The van der Waals surface area contributed by atoms with Gasteiger partial charge in [-0.25, -0.2) is 9.97 Å². The molecule has 120 valence electrons.